The smallest absolute Gasteiger partial charge is 0.122 e. The molecule has 1 fully saturated rings. The predicted molar refractivity (Wildman–Crippen MR) is 85.2 cm³/mol. The highest BCUT2D eigenvalue weighted by Crippen LogP contribution is 2.41. The number of methoxy groups -OCH3 is 1. The number of rotatable bonds is 4. The second kappa shape index (κ2) is 6.17. The van der Waals surface area contributed by atoms with Crippen LogP contribution < -0.4 is 10.5 Å². The first-order valence-corrected chi connectivity index (χ1v) is 7.94. The molecule has 1 aliphatic carbocycles. The number of aryl methyl sites for hydroxylation is 2. The van der Waals surface area contributed by atoms with E-state index in [9.17, 15) is 0 Å². The second-order valence-corrected chi connectivity index (χ2v) is 6.52. The molecule has 0 saturated heterocycles. The van der Waals surface area contributed by atoms with E-state index in [1.165, 1.54) is 42.4 Å². The van der Waals surface area contributed by atoms with Gasteiger partial charge in [0.1, 0.15) is 5.75 Å². The van der Waals surface area contributed by atoms with Crippen molar-refractivity contribution >= 4 is 0 Å². The molecule has 0 amide bonds. The predicted octanol–water partition coefficient (Wildman–Crippen LogP) is 4.46. The average Bonchev–Trinajstić information content (AvgIpc) is 2.44. The highest BCUT2D eigenvalue weighted by Gasteiger charge is 2.34. The lowest BCUT2D eigenvalue weighted by Crippen LogP contribution is -2.41. The third-order valence-corrected chi connectivity index (χ3v) is 4.97. The summed E-state index contributed by atoms with van der Waals surface area (Å²) >= 11 is 0. The van der Waals surface area contributed by atoms with Crippen LogP contribution >= 0.6 is 0 Å². The summed E-state index contributed by atoms with van der Waals surface area (Å²) in [6, 6.07) is 4.38. The topological polar surface area (TPSA) is 35.2 Å². The summed E-state index contributed by atoms with van der Waals surface area (Å²) in [6.07, 6.45) is 7.43. The fraction of sp³-hybridized carbons (Fsp3) is 0.667. The molecular weight excluding hydrogens is 246 g/mol. The van der Waals surface area contributed by atoms with E-state index >= 15 is 0 Å². The minimum Gasteiger partial charge on any atom is -0.496 e. The molecule has 0 aromatic heterocycles. The first-order chi connectivity index (χ1) is 9.50. The summed E-state index contributed by atoms with van der Waals surface area (Å²) < 4.78 is 5.41. The van der Waals surface area contributed by atoms with Gasteiger partial charge in [0.05, 0.1) is 7.11 Å². The van der Waals surface area contributed by atoms with Crippen LogP contribution in [0.5, 0.6) is 5.75 Å². The van der Waals surface area contributed by atoms with Crippen LogP contribution in [0.4, 0.5) is 0 Å². The van der Waals surface area contributed by atoms with E-state index in [-0.39, 0.29) is 5.54 Å². The van der Waals surface area contributed by atoms with E-state index < -0.39 is 0 Å². The lowest BCUT2D eigenvalue weighted by Gasteiger charge is -2.39. The zero-order valence-electron chi connectivity index (χ0n) is 13.5. The number of ether oxygens (including phenoxy) is 1. The van der Waals surface area contributed by atoms with E-state index in [1.807, 2.05) is 0 Å². The van der Waals surface area contributed by atoms with Crippen molar-refractivity contribution in [1.82, 2.24) is 0 Å². The first kappa shape index (κ1) is 15.4. The largest absolute Gasteiger partial charge is 0.496 e. The number of hydrogen-bond acceptors (Lipinski definition) is 2. The number of hydrogen-bond donors (Lipinski definition) is 1. The second-order valence-electron chi connectivity index (χ2n) is 6.52. The molecule has 0 aliphatic heterocycles. The Morgan fingerprint density at radius 3 is 2.40 bits per heavy atom. The van der Waals surface area contributed by atoms with Crippen LogP contribution in [0.2, 0.25) is 0 Å². The molecule has 0 radical (unpaired) electrons. The maximum Gasteiger partial charge on any atom is 0.122 e. The van der Waals surface area contributed by atoms with Crippen molar-refractivity contribution < 1.29 is 4.74 Å². The van der Waals surface area contributed by atoms with E-state index in [4.69, 9.17) is 10.5 Å². The summed E-state index contributed by atoms with van der Waals surface area (Å²) in [6.45, 7) is 6.54. The van der Waals surface area contributed by atoms with Crippen molar-refractivity contribution in [2.75, 3.05) is 7.11 Å². The van der Waals surface area contributed by atoms with E-state index in [0.29, 0.717) is 0 Å². The van der Waals surface area contributed by atoms with Gasteiger partial charge in [-0.15, -0.1) is 0 Å². The van der Waals surface area contributed by atoms with Gasteiger partial charge < -0.3 is 10.5 Å². The van der Waals surface area contributed by atoms with Crippen molar-refractivity contribution in [3.8, 4) is 5.75 Å². The van der Waals surface area contributed by atoms with Gasteiger partial charge in [-0.1, -0.05) is 25.8 Å². The molecular formula is C18H29NO. The molecule has 0 spiro atoms. The van der Waals surface area contributed by atoms with Crippen molar-refractivity contribution in [1.29, 1.82) is 0 Å². The summed E-state index contributed by atoms with van der Waals surface area (Å²) in [7, 11) is 1.73. The Hall–Kier alpha value is -1.02. The molecule has 0 unspecified atom stereocenters. The maximum absolute atomic E-state index is 6.76. The molecule has 1 aromatic carbocycles. The van der Waals surface area contributed by atoms with Gasteiger partial charge in [-0.05, 0) is 68.2 Å². The quantitative estimate of drug-likeness (QED) is 0.880. The molecule has 2 N–H and O–H groups in total. The third-order valence-electron chi connectivity index (χ3n) is 4.97. The van der Waals surface area contributed by atoms with Crippen LogP contribution in [0, 0.1) is 19.8 Å². The zero-order valence-corrected chi connectivity index (χ0v) is 13.5. The summed E-state index contributed by atoms with van der Waals surface area (Å²) in [5, 5.41) is 0. The van der Waals surface area contributed by atoms with Crippen LogP contribution in [0.15, 0.2) is 12.1 Å². The Bertz CT molecular complexity index is 459. The van der Waals surface area contributed by atoms with Crippen molar-refractivity contribution in [3.05, 3.63) is 28.8 Å². The van der Waals surface area contributed by atoms with Gasteiger partial charge in [0.25, 0.3) is 0 Å². The minimum atomic E-state index is -0.134. The van der Waals surface area contributed by atoms with Crippen LogP contribution in [0.25, 0.3) is 0 Å². The number of benzene rings is 1. The summed E-state index contributed by atoms with van der Waals surface area (Å²) in [5.74, 6) is 1.85. The highest BCUT2D eigenvalue weighted by molar-refractivity contribution is 5.44. The Kier molecular flexibility index (Phi) is 4.74. The van der Waals surface area contributed by atoms with E-state index in [2.05, 4.69) is 32.9 Å². The summed E-state index contributed by atoms with van der Waals surface area (Å²) in [5.41, 5.74) is 10.4. The van der Waals surface area contributed by atoms with Gasteiger partial charge in [-0.25, -0.2) is 0 Å². The minimum absolute atomic E-state index is 0.134. The van der Waals surface area contributed by atoms with Gasteiger partial charge in [0.15, 0.2) is 0 Å². The fourth-order valence-corrected chi connectivity index (χ4v) is 3.70. The first-order valence-electron chi connectivity index (χ1n) is 7.94. The van der Waals surface area contributed by atoms with Crippen LogP contribution in [0.3, 0.4) is 0 Å². The Morgan fingerprint density at radius 1 is 1.20 bits per heavy atom. The van der Waals surface area contributed by atoms with Crippen LogP contribution in [-0.4, -0.2) is 7.11 Å². The Morgan fingerprint density at radius 2 is 1.85 bits per heavy atom. The molecule has 112 valence electrons. The molecule has 2 rings (SSSR count). The Labute approximate surface area is 123 Å². The normalized spacial score (nSPS) is 26.6. The van der Waals surface area contributed by atoms with E-state index in [0.717, 1.165) is 24.5 Å². The van der Waals surface area contributed by atoms with Crippen LogP contribution in [-0.2, 0) is 5.54 Å². The molecule has 2 nitrogen and oxygen atoms in total. The van der Waals surface area contributed by atoms with Crippen molar-refractivity contribution in [3.63, 3.8) is 0 Å². The SMILES string of the molecule is CCCC1CCC(N)(c2cc(C)c(OC)cc2C)CC1. The number of nitrogens with two attached hydrogens (primary N) is 1. The molecule has 1 aromatic rings. The average molecular weight is 275 g/mol. The van der Waals surface area contributed by atoms with Gasteiger partial charge >= 0.3 is 0 Å². The van der Waals surface area contributed by atoms with Gasteiger partial charge in [0.2, 0.25) is 0 Å². The summed E-state index contributed by atoms with van der Waals surface area (Å²) in [4.78, 5) is 0. The monoisotopic (exact) mass is 275 g/mol. The fourth-order valence-electron chi connectivity index (χ4n) is 3.70. The maximum atomic E-state index is 6.76. The lowest BCUT2D eigenvalue weighted by atomic mass is 9.71. The lowest BCUT2D eigenvalue weighted by molar-refractivity contribution is 0.225. The standard InChI is InChI=1S/C18H29NO/c1-5-6-15-7-9-18(19,10-8-15)16-11-14(3)17(20-4)12-13(16)2/h11-12,15H,5-10,19H2,1-4H3. The Balaban J connectivity index is 2.21. The third kappa shape index (κ3) is 3.01. The molecule has 1 aliphatic rings. The van der Waals surface area contributed by atoms with Crippen molar-refractivity contribution in [2.45, 2.75) is 64.8 Å². The highest BCUT2D eigenvalue weighted by atomic mass is 16.5. The van der Waals surface area contributed by atoms with E-state index in [1.54, 1.807) is 7.11 Å². The van der Waals surface area contributed by atoms with Gasteiger partial charge in [-0.3, -0.25) is 0 Å². The molecule has 2 heteroatoms. The molecule has 20 heavy (non-hydrogen) atoms. The van der Waals surface area contributed by atoms with Crippen LogP contribution in [0.1, 0.15) is 62.1 Å². The molecule has 0 bridgehead atoms. The van der Waals surface area contributed by atoms with Gasteiger partial charge in [-0.2, -0.15) is 0 Å². The van der Waals surface area contributed by atoms with Gasteiger partial charge in [0, 0.05) is 5.54 Å². The molecule has 0 heterocycles. The molecule has 0 atom stereocenters. The zero-order chi connectivity index (χ0) is 14.8. The van der Waals surface area contributed by atoms with Crippen molar-refractivity contribution in [2.24, 2.45) is 11.7 Å². The molecule has 1 saturated carbocycles.